The van der Waals surface area contributed by atoms with E-state index in [9.17, 15) is 8.42 Å². The fraction of sp³-hybridized carbons (Fsp3) is 0.750. The topological polar surface area (TPSA) is 94.3 Å². The minimum atomic E-state index is -3.36. The van der Waals surface area contributed by atoms with Crippen LogP contribution in [0.2, 0.25) is 0 Å². The third-order valence-corrected chi connectivity index (χ3v) is 6.62. The van der Waals surface area contributed by atoms with Gasteiger partial charge in [-0.2, -0.15) is 4.37 Å². The van der Waals surface area contributed by atoms with Gasteiger partial charge in [-0.25, -0.2) is 8.42 Å². The summed E-state index contributed by atoms with van der Waals surface area (Å²) in [5.41, 5.74) is 5.73. The molecule has 1 aliphatic heterocycles. The highest BCUT2D eigenvalue weighted by molar-refractivity contribution is 7.91. The van der Waals surface area contributed by atoms with Gasteiger partial charge in [0.2, 0.25) is 0 Å². The van der Waals surface area contributed by atoms with Gasteiger partial charge in [0, 0.05) is 6.61 Å². The molecule has 1 aliphatic carbocycles. The summed E-state index contributed by atoms with van der Waals surface area (Å²) < 4.78 is 34.0. The summed E-state index contributed by atoms with van der Waals surface area (Å²) in [6, 6.07) is 0.160. The minimum absolute atomic E-state index is 0.0253. The Bertz CT molecular complexity index is 595. The number of nitrogens with one attached hydrogen (secondary N) is 1. The van der Waals surface area contributed by atoms with Crippen molar-refractivity contribution < 1.29 is 13.2 Å². The molecule has 3 rings (SSSR count). The van der Waals surface area contributed by atoms with Gasteiger partial charge in [0.15, 0.2) is 15.7 Å². The van der Waals surface area contributed by atoms with E-state index in [-0.39, 0.29) is 28.6 Å². The van der Waals surface area contributed by atoms with Crippen LogP contribution in [0.5, 0.6) is 0 Å². The average Bonchev–Trinajstić information content (AvgIpc) is 3.04. The molecule has 1 aromatic rings. The molecule has 1 saturated carbocycles. The van der Waals surface area contributed by atoms with Crippen molar-refractivity contribution in [2.75, 3.05) is 23.4 Å². The van der Waals surface area contributed by atoms with Gasteiger partial charge < -0.3 is 15.8 Å². The monoisotopic (exact) mass is 317 g/mol. The predicted octanol–water partition coefficient (Wildman–Crippen LogP) is 1.50. The van der Waals surface area contributed by atoms with Crippen LogP contribution in [0.25, 0.3) is 0 Å². The molecule has 2 atom stereocenters. The average molecular weight is 317 g/mol. The van der Waals surface area contributed by atoms with E-state index in [0.29, 0.717) is 10.9 Å². The van der Waals surface area contributed by atoms with Crippen molar-refractivity contribution >= 4 is 32.2 Å². The molecule has 2 heterocycles. The van der Waals surface area contributed by atoms with Gasteiger partial charge in [0.1, 0.15) is 9.90 Å². The smallest absolute Gasteiger partial charge is 0.184 e. The first-order valence-corrected chi connectivity index (χ1v) is 9.31. The number of nitrogens with two attached hydrogens (primary N) is 1. The lowest BCUT2D eigenvalue weighted by atomic mass is 10.1. The molecule has 0 aromatic carbocycles. The van der Waals surface area contributed by atoms with Crippen LogP contribution in [0.1, 0.15) is 26.2 Å². The maximum absolute atomic E-state index is 12.1. The number of hydrogen-bond acceptors (Lipinski definition) is 7. The second kappa shape index (κ2) is 5.16. The Morgan fingerprint density at radius 3 is 2.85 bits per heavy atom. The fourth-order valence-corrected chi connectivity index (χ4v) is 4.87. The highest BCUT2D eigenvalue weighted by Crippen LogP contribution is 2.41. The van der Waals surface area contributed by atoms with Crippen LogP contribution >= 0.6 is 11.5 Å². The molecule has 1 aromatic heterocycles. The Hall–Kier alpha value is -0.860. The molecule has 2 unspecified atom stereocenters. The Labute approximate surface area is 122 Å². The fourth-order valence-electron chi connectivity index (χ4n) is 2.65. The molecule has 2 aliphatic rings. The molecule has 1 saturated heterocycles. The second-order valence-corrected chi connectivity index (χ2v) is 8.33. The van der Waals surface area contributed by atoms with E-state index in [1.54, 1.807) is 6.92 Å². The lowest BCUT2D eigenvalue weighted by Gasteiger charge is -2.20. The first-order valence-electron chi connectivity index (χ1n) is 6.89. The predicted molar refractivity (Wildman–Crippen MR) is 78.7 cm³/mol. The van der Waals surface area contributed by atoms with Gasteiger partial charge in [-0.15, -0.1) is 0 Å². The molecule has 8 heteroatoms. The quantitative estimate of drug-likeness (QED) is 0.854. The summed E-state index contributed by atoms with van der Waals surface area (Å²) >= 11 is 1.12. The van der Waals surface area contributed by atoms with Crippen LogP contribution in [0.3, 0.4) is 0 Å². The van der Waals surface area contributed by atoms with Gasteiger partial charge in [-0.05, 0) is 36.7 Å². The Morgan fingerprint density at radius 1 is 1.45 bits per heavy atom. The van der Waals surface area contributed by atoms with Gasteiger partial charge >= 0.3 is 0 Å². The summed E-state index contributed by atoms with van der Waals surface area (Å²) in [6.07, 6.45) is 3.49. The van der Waals surface area contributed by atoms with Crippen molar-refractivity contribution in [2.24, 2.45) is 5.92 Å². The molecule has 112 valence electrons. The minimum Gasteiger partial charge on any atom is -0.382 e. The molecular weight excluding hydrogens is 298 g/mol. The van der Waals surface area contributed by atoms with E-state index < -0.39 is 9.84 Å². The number of sulfone groups is 1. The van der Waals surface area contributed by atoms with E-state index in [1.165, 1.54) is 12.8 Å². The Morgan fingerprint density at radius 2 is 2.20 bits per heavy atom. The van der Waals surface area contributed by atoms with Crippen LogP contribution in [-0.2, 0) is 14.6 Å². The number of ether oxygens (including phenoxy) is 1. The van der Waals surface area contributed by atoms with Crippen LogP contribution in [0.4, 0.5) is 10.8 Å². The Kier molecular flexibility index (Phi) is 3.64. The van der Waals surface area contributed by atoms with Crippen molar-refractivity contribution in [1.82, 2.24) is 4.37 Å². The van der Waals surface area contributed by atoms with Gasteiger partial charge in [0.05, 0.1) is 17.9 Å². The number of anilines is 2. The molecule has 0 bridgehead atoms. The van der Waals surface area contributed by atoms with Crippen LogP contribution in [0, 0.1) is 5.92 Å². The van der Waals surface area contributed by atoms with Gasteiger partial charge in [-0.3, -0.25) is 0 Å². The standard InChI is InChI=1S/C12H19N3O3S2/c1-2-20(16,17)10-11(13)15-19-12(10)14-8-5-6-18-9(8)7-3-4-7/h7-9,14H,2-6H2,1H3,(H2,13,15). The molecule has 0 spiro atoms. The van der Waals surface area contributed by atoms with E-state index in [4.69, 9.17) is 10.5 Å². The normalized spacial score (nSPS) is 26.9. The van der Waals surface area contributed by atoms with Crippen molar-refractivity contribution in [3.8, 4) is 0 Å². The van der Waals surface area contributed by atoms with E-state index in [1.807, 2.05) is 0 Å². The van der Waals surface area contributed by atoms with Crippen LogP contribution in [0.15, 0.2) is 4.90 Å². The summed E-state index contributed by atoms with van der Waals surface area (Å²) in [6.45, 7) is 2.34. The molecule has 2 fully saturated rings. The van der Waals surface area contributed by atoms with E-state index >= 15 is 0 Å². The summed E-state index contributed by atoms with van der Waals surface area (Å²) in [4.78, 5) is 0.159. The molecule has 0 amide bonds. The number of hydrogen-bond donors (Lipinski definition) is 2. The highest BCUT2D eigenvalue weighted by atomic mass is 32.2. The van der Waals surface area contributed by atoms with Crippen LogP contribution < -0.4 is 11.1 Å². The number of aromatic nitrogens is 1. The first kappa shape index (κ1) is 14.1. The third-order valence-electron chi connectivity index (χ3n) is 3.90. The first-order chi connectivity index (χ1) is 9.53. The van der Waals surface area contributed by atoms with Gasteiger partial charge in [0.25, 0.3) is 0 Å². The zero-order chi connectivity index (χ0) is 14.3. The van der Waals surface area contributed by atoms with Crippen molar-refractivity contribution in [3.63, 3.8) is 0 Å². The van der Waals surface area contributed by atoms with Crippen molar-refractivity contribution in [2.45, 2.75) is 43.2 Å². The van der Waals surface area contributed by atoms with Crippen molar-refractivity contribution in [1.29, 1.82) is 0 Å². The lowest BCUT2D eigenvalue weighted by Crippen LogP contribution is -2.31. The molecule has 6 nitrogen and oxygen atoms in total. The number of nitrogens with zero attached hydrogens (tertiary/aromatic N) is 1. The number of rotatable bonds is 5. The van der Waals surface area contributed by atoms with Crippen LogP contribution in [-0.4, -0.2) is 37.3 Å². The molecule has 3 N–H and O–H groups in total. The summed E-state index contributed by atoms with van der Waals surface area (Å²) in [7, 11) is -3.36. The zero-order valence-corrected chi connectivity index (χ0v) is 13.0. The SMILES string of the molecule is CCS(=O)(=O)c1c(N)nsc1NC1CCOC1C1CC1. The maximum atomic E-state index is 12.1. The van der Waals surface area contributed by atoms with E-state index in [2.05, 4.69) is 9.69 Å². The number of nitrogen functional groups attached to an aromatic ring is 1. The second-order valence-electron chi connectivity index (χ2n) is 5.34. The van der Waals surface area contributed by atoms with E-state index in [0.717, 1.165) is 24.6 Å². The summed E-state index contributed by atoms with van der Waals surface area (Å²) in [5.74, 6) is 0.741. The summed E-state index contributed by atoms with van der Waals surface area (Å²) in [5, 5.41) is 3.87. The highest BCUT2D eigenvalue weighted by Gasteiger charge is 2.41. The maximum Gasteiger partial charge on any atom is 0.184 e. The van der Waals surface area contributed by atoms with Gasteiger partial charge in [-0.1, -0.05) is 6.92 Å². The largest absolute Gasteiger partial charge is 0.382 e. The third kappa shape index (κ3) is 2.51. The molecule has 20 heavy (non-hydrogen) atoms. The van der Waals surface area contributed by atoms with Crippen molar-refractivity contribution in [3.05, 3.63) is 0 Å². The molecule has 0 radical (unpaired) electrons. The lowest BCUT2D eigenvalue weighted by molar-refractivity contribution is 0.0898. The molecular formula is C12H19N3O3S2. The Balaban J connectivity index is 1.84. The zero-order valence-electron chi connectivity index (χ0n) is 11.3.